The predicted molar refractivity (Wildman–Crippen MR) is 123 cm³/mol. The minimum absolute atomic E-state index is 0.0614. The van der Waals surface area contributed by atoms with E-state index in [1.807, 2.05) is 29.2 Å². The maximum absolute atomic E-state index is 12.6. The summed E-state index contributed by atoms with van der Waals surface area (Å²) in [6.45, 7) is 3.98. The molecule has 2 aromatic rings. The van der Waals surface area contributed by atoms with E-state index in [-0.39, 0.29) is 16.6 Å². The third kappa shape index (κ3) is 5.34. The highest BCUT2D eigenvalue weighted by atomic mass is 35.5. The summed E-state index contributed by atoms with van der Waals surface area (Å²) < 4.78 is 26.6. The fraction of sp³-hybridized carbons (Fsp3) is 0.429. The number of hydrogen-bond donors (Lipinski definition) is 0. The molecule has 1 aromatic carbocycles. The molecule has 7 nitrogen and oxygen atoms in total. The number of aromatic nitrogens is 1. The van der Waals surface area contributed by atoms with Gasteiger partial charge in [-0.05, 0) is 43.2 Å². The Balaban J connectivity index is 1.27. The topological polar surface area (TPSA) is 73.8 Å². The first kappa shape index (κ1) is 22.4. The lowest BCUT2D eigenvalue weighted by Crippen LogP contribution is -2.49. The summed E-state index contributed by atoms with van der Waals surface area (Å²) in [5.74, 6) is 0.342. The number of anilines is 1. The molecule has 1 aromatic heterocycles. The zero-order valence-electron chi connectivity index (χ0n) is 17.1. The lowest BCUT2D eigenvalue weighted by atomic mass is 10.2. The fourth-order valence-corrected chi connectivity index (χ4v) is 6.19. The van der Waals surface area contributed by atoms with Gasteiger partial charge in [0.05, 0.1) is 10.8 Å². The molecule has 0 saturated carbocycles. The van der Waals surface area contributed by atoms with Gasteiger partial charge in [0.15, 0.2) is 0 Å². The molecule has 166 valence electrons. The van der Waals surface area contributed by atoms with Crippen molar-refractivity contribution in [3.05, 3.63) is 47.6 Å². The van der Waals surface area contributed by atoms with Crippen LogP contribution < -0.4 is 4.90 Å². The van der Waals surface area contributed by atoms with Gasteiger partial charge in [0.1, 0.15) is 4.90 Å². The number of carbonyl (C=O) groups is 1. The van der Waals surface area contributed by atoms with E-state index in [9.17, 15) is 13.2 Å². The molecule has 2 saturated heterocycles. The van der Waals surface area contributed by atoms with E-state index in [1.165, 1.54) is 22.3 Å². The minimum Gasteiger partial charge on any atom is -0.368 e. The van der Waals surface area contributed by atoms with E-state index in [2.05, 4.69) is 9.88 Å². The quantitative estimate of drug-likeness (QED) is 0.592. The smallest absolute Gasteiger partial charge is 0.244 e. The van der Waals surface area contributed by atoms with Crippen molar-refractivity contribution < 1.29 is 13.2 Å². The van der Waals surface area contributed by atoms with Gasteiger partial charge < -0.3 is 9.80 Å². The van der Waals surface area contributed by atoms with E-state index >= 15 is 0 Å². The summed E-state index contributed by atoms with van der Waals surface area (Å²) in [6, 6.07) is 11.0. The van der Waals surface area contributed by atoms with E-state index in [1.54, 1.807) is 12.1 Å². The zero-order valence-corrected chi connectivity index (χ0v) is 19.5. The van der Waals surface area contributed by atoms with Crippen LogP contribution in [0, 0.1) is 0 Å². The maximum Gasteiger partial charge on any atom is 0.244 e. The van der Waals surface area contributed by atoms with Crippen molar-refractivity contribution in [1.82, 2.24) is 14.2 Å². The van der Waals surface area contributed by atoms with Crippen molar-refractivity contribution in [2.45, 2.75) is 22.8 Å². The van der Waals surface area contributed by atoms with Crippen LogP contribution in [-0.2, 0) is 14.8 Å². The normalized spacial score (nSPS) is 17.8. The van der Waals surface area contributed by atoms with Gasteiger partial charge in [0, 0.05) is 56.2 Å². The number of benzene rings is 1. The number of amides is 1. The number of hydrogen-bond acceptors (Lipinski definition) is 6. The Labute approximate surface area is 192 Å². The SMILES string of the molecule is O=C(CSc1ccc(S(=O)(=O)N2CCCC2)cn1)N1CCN(c2cccc(Cl)c2)CC1. The number of rotatable bonds is 6. The molecule has 0 bridgehead atoms. The van der Waals surface area contributed by atoms with Crippen molar-refractivity contribution in [3.8, 4) is 0 Å². The number of pyridine rings is 1. The van der Waals surface area contributed by atoms with E-state index in [0.717, 1.165) is 31.6 Å². The van der Waals surface area contributed by atoms with Crippen LogP contribution in [0.25, 0.3) is 0 Å². The Morgan fingerprint density at radius 3 is 2.42 bits per heavy atom. The Morgan fingerprint density at radius 2 is 1.77 bits per heavy atom. The van der Waals surface area contributed by atoms with Gasteiger partial charge in [0.2, 0.25) is 15.9 Å². The number of nitrogens with zero attached hydrogens (tertiary/aromatic N) is 4. The Bertz CT molecular complexity index is 1020. The first-order valence-corrected chi connectivity index (χ1v) is 13.1. The number of sulfonamides is 1. The van der Waals surface area contributed by atoms with Crippen molar-refractivity contribution in [2.24, 2.45) is 0 Å². The van der Waals surface area contributed by atoms with Crippen LogP contribution >= 0.6 is 23.4 Å². The van der Waals surface area contributed by atoms with E-state index in [0.29, 0.717) is 36.2 Å². The second kappa shape index (κ2) is 9.77. The molecule has 31 heavy (non-hydrogen) atoms. The Hall–Kier alpha value is -1.81. The van der Waals surface area contributed by atoms with Gasteiger partial charge in [-0.25, -0.2) is 13.4 Å². The average molecular weight is 481 g/mol. The van der Waals surface area contributed by atoms with Crippen molar-refractivity contribution in [3.63, 3.8) is 0 Å². The van der Waals surface area contributed by atoms with Crippen molar-refractivity contribution in [2.75, 3.05) is 49.9 Å². The summed E-state index contributed by atoms with van der Waals surface area (Å²) in [7, 11) is -3.46. The van der Waals surface area contributed by atoms with Gasteiger partial charge in [-0.15, -0.1) is 0 Å². The first-order valence-electron chi connectivity index (χ1n) is 10.3. The molecule has 2 aliphatic heterocycles. The third-order valence-electron chi connectivity index (χ3n) is 5.56. The van der Waals surface area contributed by atoms with Gasteiger partial charge >= 0.3 is 0 Å². The largest absolute Gasteiger partial charge is 0.368 e. The highest BCUT2D eigenvalue weighted by Gasteiger charge is 2.27. The average Bonchev–Trinajstić information content (AvgIpc) is 3.34. The molecular weight excluding hydrogens is 456 g/mol. The molecule has 0 atom stereocenters. The number of halogens is 1. The second-order valence-electron chi connectivity index (χ2n) is 7.58. The van der Waals surface area contributed by atoms with Crippen molar-refractivity contribution in [1.29, 1.82) is 0 Å². The van der Waals surface area contributed by atoms with Gasteiger partial charge in [-0.2, -0.15) is 4.31 Å². The molecule has 0 unspecified atom stereocenters. The molecule has 0 spiro atoms. The minimum atomic E-state index is -3.46. The molecule has 1 amide bonds. The van der Waals surface area contributed by atoms with Crippen LogP contribution in [0.2, 0.25) is 5.02 Å². The molecule has 3 heterocycles. The maximum atomic E-state index is 12.6. The van der Waals surface area contributed by atoms with Crippen LogP contribution in [0.15, 0.2) is 52.5 Å². The standard InChI is InChI=1S/C21H25ClN4O3S2/c22-17-4-3-5-18(14-17)24-10-12-25(13-11-24)21(27)16-30-20-7-6-19(15-23-20)31(28,29)26-8-1-2-9-26/h3-7,14-15H,1-2,8-13,16H2. The number of thioether (sulfide) groups is 1. The zero-order chi connectivity index (χ0) is 21.8. The summed E-state index contributed by atoms with van der Waals surface area (Å²) in [5.41, 5.74) is 1.07. The lowest BCUT2D eigenvalue weighted by Gasteiger charge is -2.36. The number of carbonyl (C=O) groups excluding carboxylic acids is 1. The van der Waals surface area contributed by atoms with Crippen molar-refractivity contribution >= 4 is 45.0 Å². The molecular formula is C21H25ClN4O3S2. The van der Waals surface area contributed by atoms with Crippen LogP contribution in [0.3, 0.4) is 0 Å². The fourth-order valence-electron chi connectivity index (χ4n) is 3.80. The molecule has 0 N–H and O–H groups in total. The van der Waals surface area contributed by atoms with E-state index < -0.39 is 10.0 Å². The monoisotopic (exact) mass is 480 g/mol. The third-order valence-corrected chi connectivity index (χ3v) is 8.61. The van der Waals surface area contributed by atoms with Crippen LogP contribution in [0.1, 0.15) is 12.8 Å². The van der Waals surface area contributed by atoms with E-state index in [4.69, 9.17) is 11.6 Å². The summed E-state index contributed by atoms with van der Waals surface area (Å²) >= 11 is 7.41. The summed E-state index contributed by atoms with van der Waals surface area (Å²) in [6.07, 6.45) is 3.19. The molecule has 2 fully saturated rings. The molecule has 2 aliphatic rings. The second-order valence-corrected chi connectivity index (χ2v) is 10.9. The summed E-state index contributed by atoms with van der Waals surface area (Å²) in [5, 5.41) is 1.35. The highest BCUT2D eigenvalue weighted by Crippen LogP contribution is 2.24. The van der Waals surface area contributed by atoms with Crippen LogP contribution in [0.5, 0.6) is 0 Å². The van der Waals surface area contributed by atoms with Crippen LogP contribution in [0.4, 0.5) is 5.69 Å². The number of piperazine rings is 1. The first-order chi connectivity index (χ1) is 14.9. The molecule has 0 aliphatic carbocycles. The molecule has 4 rings (SSSR count). The highest BCUT2D eigenvalue weighted by molar-refractivity contribution is 7.99. The van der Waals surface area contributed by atoms with Crippen LogP contribution in [-0.4, -0.2) is 73.5 Å². The Kier molecular flexibility index (Phi) is 7.05. The predicted octanol–water partition coefficient (Wildman–Crippen LogP) is 2.96. The summed E-state index contributed by atoms with van der Waals surface area (Å²) in [4.78, 5) is 21.2. The lowest BCUT2D eigenvalue weighted by molar-refractivity contribution is -0.128. The van der Waals surface area contributed by atoms with Gasteiger partial charge in [-0.1, -0.05) is 29.4 Å². The molecule has 0 radical (unpaired) electrons. The van der Waals surface area contributed by atoms with Gasteiger partial charge in [0.25, 0.3) is 0 Å². The van der Waals surface area contributed by atoms with Gasteiger partial charge in [-0.3, -0.25) is 4.79 Å². The Morgan fingerprint density at radius 1 is 1.03 bits per heavy atom. The molecule has 10 heteroatoms.